The molecule has 5 rings (SSSR count). The molecule has 2 heteroatoms. The molecule has 5 fully saturated rings. The smallest absolute Gasteiger partial charge is 0.0540 e. The molecule has 0 saturated heterocycles. The Morgan fingerprint density at radius 1 is 0.789 bits per heavy atom. The number of nitrogens with one attached hydrogen (secondary N) is 1. The normalized spacial score (nSPS) is 52.6. The first-order valence-electron chi connectivity index (χ1n) is 8.69. The summed E-state index contributed by atoms with van der Waals surface area (Å²) in [6.45, 7) is 1.22. The lowest BCUT2D eigenvalue weighted by molar-refractivity contribution is -0.0159. The third-order valence-electron chi connectivity index (χ3n) is 6.69. The SMILES string of the molecule is OC1CCC(CNC2C3CC4CC(C3)CC2C4)CC1. The first kappa shape index (κ1) is 12.6. The quantitative estimate of drug-likeness (QED) is 0.820. The first-order valence-corrected chi connectivity index (χ1v) is 8.69. The van der Waals surface area contributed by atoms with Crippen molar-refractivity contribution < 1.29 is 5.11 Å². The predicted octanol–water partition coefficient (Wildman–Crippen LogP) is 2.95. The second-order valence-corrected chi connectivity index (χ2v) is 8.04. The molecule has 2 nitrogen and oxygen atoms in total. The Labute approximate surface area is 117 Å². The van der Waals surface area contributed by atoms with E-state index in [9.17, 15) is 5.11 Å². The van der Waals surface area contributed by atoms with Gasteiger partial charge in [0.15, 0.2) is 0 Å². The predicted molar refractivity (Wildman–Crippen MR) is 76.8 cm³/mol. The van der Waals surface area contributed by atoms with Crippen LogP contribution < -0.4 is 5.32 Å². The van der Waals surface area contributed by atoms with E-state index in [1.165, 1.54) is 45.1 Å². The first-order chi connectivity index (χ1) is 9.28. The van der Waals surface area contributed by atoms with Gasteiger partial charge in [-0.05, 0) is 93.9 Å². The van der Waals surface area contributed by atoms with Crippen molar-refractivity contribution in [1.29, 1.82) is 0 Å². The van der Waals surface area contributed by atoms with Crippen LogP contribution >= 0.6 is 0 Å². The summed E-state index contributed by atoms with van der Waals surface area (Å²) in [5.41, 5.74) is 0. The Hall–Kier alpha value is -0.0800. The van der Waals surface area contributed by atoms with Crippen LogP contribution in [0.25, 0.3) is 0 Å². The third-order valence-corrected chi connectivity index (χ3v) is 6.69. The van der Waals surface area contributed by atoms with Crippen LogP contribution in [-0.4, -0.2) is 23.8 Å². The van der Waals surface area contributed by atoms with Crippen molar-refractivity contribution in [2.45, 2.75) is 69.9 Å². The van der Waals surface area contributed by atoms with E-state index in [4.69, 9.17) is 0 Å². The summed E-state index contributed by atoms with van der Waals surface area (Å²) >= 11 is 0. The van der Waals surface area contributed by atoms with Crippen molar-refractivity contribution in [2.24, 2.45) is 29.6 Å². The summed E-state index contributed by atoms with van der Waals surface area (Å²) in [6.07, 6.45) is 12.2. The zero-order valence-corrected chi connectivity index (χ0v) is 12.1. The highest BCUT2D eigenvalue weighted by atomic mass is 16.3. The summed E-state index contributed by atoms with van der Waals surface area (Å²) in [7, 11) is 0. The van der Waals surface area contributed by atoms with Crippen LogP contribution in [0.4, 0.5) is 0 Å². The average Bonchev–Trinajstić information content (AvgIpc) is 2.39. The summed E-state index contributed by atoms with van der Waals surface area (Å²) in [4.78, 5) is 0. The maximum absolute atomic E-state index is 9.59. The van der Waals surface area contributed by atoms with Crippen LogP contribution in [0.2, 0.25) is 0 Å². The van der Waals surface area contributed by atoms with E-state index in [-0.39, 0.29) is 6.10 Å². The van der Waals surface area contributed by atoms with Crippen molar-refractivity contribution in [2.75, 3.05) is 6.54 Å². The summed E-state index contributed by atoms with van der Waals surface area (Å²) < 4.78 is 0. The molecular weight excluding hydrogens is 234 g/mol. The van der Waals surface area contributed by atoms with E-state index in [2.05, 4.69) is 5.32 Å². The molecule has 0 radical (unpaired) electrons. The maximum atomic E-state index is 9.59. The van der Waals surface area contributed by atoms with Gasteiger partial charge in [0.05, 0.1) is 6.10 Å². The molecule has 0 spiro atoms. The molecule has 0 unspecified atom stereocenters. The van der Waals surface area contributed by atoms with E-state index in [1.807, 2.05) is 0 Å². The minimum absolute atomic E-state index is 0.00239. The van der Waals surface area contributed by atoms with Gasteiger partial charge in [-0.3, -0.25) is 0 Å². The van der Waals surface area contributed by atoms with E-state index < -0.39 is 0 Å². The van der Waals surface area contributed by atoms with Gasteiger partial charge >= 0.3 is 0 Å². The van der Waals surface area contributed by atoms with Gasteiger partial charge in [0.2, 0.25) is 0 Å². The topological polar surface area (TPSA) is 32.3 Å². The second kappa shape index (κ2) is 5.04. The maximum Gasteiger partial charge on any atom is 0.0540 e. The van der Waals surface area contributed by atoms with Crippen LogP contribution in [0, 0.1) is 29.6 Å². The summed E-state index contributed by atoms with van der Waals surface area (Å²) in [5.74, 6) is 5.02. The number of hydrogen-bond acceptors (Lipinski definition) is 2. The van der Waals surface area contributed by atoms with Crippen molar-refractivity contribution in [3.63, 3.8) is 0 Å². The van der Waals surface area contributed by atoms with E-state index >= 15 is 0 Å². The van der Waals surface area contributed by atoms with E-state index in [1.54, 1.807) is 6.42 Å². The van der Waals surface area contributed by atoms with E-state index in [0.29, 0.717) is 0 Å². The number of rotatable bonds is 3. The molecular formula is C17H29NO. The van der Waals surface area contributed by atoms with Crippen molar-refractivity contribution >= 4 is 0 Å². The van der Waals surface area contributed by atoms with E-state index in [0.717, 1.165) is 48.5 Å². The molecule has 0 heterocycles. The lowest BCUT2D eigenvalue weighted by atomic mass is 9.54. The number of aliphatic hydroxyl groups is 1. The molecule has 5 aliphatic rings. The monoisotopic (exact) mass is 263 g/mol. The highest BCUT2D eigenvalue weighted by Gasteiger charge is 2.47. The highest BCUT2D eigenvalue weighted by molar-refractivity contribution is 5.01. The fraction of sp³-hybridized carbons (Fsp3) is 1.00. The third kappa shape index (κ3) is 2.47. The molecule has 5 aliphatic carbocycles. The standard InChI is InChI=1S/C17H29NO/c19-16-3-1-11(2-4-16)10-18-17-14-6-12-5-13(8-14)9-15(17)7-12/h11-19H,1-10H2. The Morgan fingerprint density at radius 3 is 1.95 bits per heavy atom. The molecule has 0 aromatic rings. The van der Waals surface area contributed by atoms with Gasteiger partial charge in [0, 0.05) is 6.04 Å². The zero-order chi connectivity index (χ0) is 12.8. The van der Waals surface area contributed by atoms with Crippen LogP contribution in [0.1, 0.15) is 57.8 Å². The molecule has 0 aromatic carbocycles. The molecule has 0 amide bonds. The zero-order valence-electron chi connectivity index (χ0n) is 12.1. The largest absolute Gasteiger partial charge is 0.393 e. The number of hydrogen-bond donors (Lipinski definition) is 2. The molecule has 4 bridgehead atoms. The van der Waals surface area contributed by atoms with Gasteiger partial charge < -0.3 is 10.4 Å². The van der Waals surface area contributed by atoms with Gasteiger partial charge in [-0.1, -0.05) is 0 Å². The Bertz CT molecular complexity index is 293. The van der Waals surface area contributed by atoms with Crippen LogP contribution in [0.5, 0.6) is 0 Å². The van der Waals surface area contributed by atoms with Crippen LogP contribution in [0.15, 0.2) is 0 Å². The minimum Gasteiger partial charge on any atom is -0.393 e. The van der Waals surface area contributed by atoms with Crippen molar-refractivity contribution in [3.05, 3.63) is 0 Å². The summed E-state index contributed by atoms with van der Waals surface area (Å²) in [5, 5.41) is 13.6. The van der Waals surface area contributed by atoms with Crippen LogP contribution in [0.3, 0.4) is 0 Å². The minimum atomic E-state index is -0.00239. The Balaban J connectivity index is 1.31. The molecule has 19 heavy (non-hydrogen) atoms. The second-order valence-electron chi connectivity index (χ2n) is 8.04. The lowest BCUT2D eigenvalue weighted by Crippen LogP contribution is -2.55. The Morgan fingerprint density at radius 2 is 1.37 bits per heavy atom. The van der Waals surface area contributed by atoms with Gasteiger partial charge in [0.1, 0.15) is 0 Å². The van der Waals surface area contributed by atoms with Crippen molar-refractivity contribution in [3.8, 4) is 0 Å². The lowest BCUT2D eigenvalue weighted by Gasteiger charge is -2.55. The van der Waals surface area contributed by atoms with Gasteiger partial charge in [-0.2, -0.15) is 0 Å². The van der Waals surface area contributed by atoms with Crippen molar-refractivity contribution in [1.82, 2.24) is 5.32 Å². The van der Waals surface area contributed by atoms with Gasteiger partial charge in [-0.15, -0.1) is 0 Å². The average molecular weight is 263 g/mol. The fourth-order valence-electron chi connectivity index (χ4n) is 5.91. The van der Waals surface area contributed by atoms with Crippen LogP contribution in [-0.2, 0) is 0 Å². The molecule has 108 valence electrons. The molecule has 0 aromatic heterocycles. The molecule has 5 saturated carbocycles. The van der Waals surface area contributed by atoms with Gasteiger partial charge in [0.25, 0.3) is 0 Å². The number of aliphatic hydroxyl groups excluding tert-OH is 1. The summed E-state index contributed by atoms with van der Waals surface area (Å²) in [6, 6.07) is 0.847. The molecule has 0 atom stereocenters. The fourth-order valence-corrected chi connectivity index (χ4v) is 5.91. The molecule has 0 aliphatic heterocycles. The van der Waals surface area contributed by atoms with Gasteiger partial charge in [-0.25, -0.2) is 0 Å². The Kier molecular flexibility index (Phi) is 3.35. The molecule has 2 N–H and O–H groups in total. The highest BCUT2D eigenvalue weighted by Crippen LogP contribution is 2.53.